The van der Waals surface area contributed by atoms with Crippen molar-refractivity contribution < 1.29 is 13.3 Å². The number of hydrogen-bond donors (Lipinski definition) is 1. The Kier molecular flexibility index (Phi) is 10.5. The van der Waals surface area contributed by atoms with E-state index in [1.165, 1.54) is 5.71 Å². The molecule has 0 radical (unpaired) electrons. The summed E-state index contributed by atoms with van der Waals surface area (Å²) in [6, 6.07) is 0.834. The Morgan fingerprint density at radius 1 is 1.11 bits per heavy atom. The molecule has 0 rings (SSSR count). The van der Waals surface area contributed by atoms with Crippen LogP contribution in [0.1, 0.15) is 26.7 Å². The maximum absolute atomic E-state index is 5.35. The van der Waals surface area contributed by atoms with Crippen molar-refractivity contribution in [2.75, 3.05) is 41.0 Å². The van der Waals surface area contributed by atoms with Gasteiger partial charge in [0.25, 0.3) is 0 Å². The summed E-state index contributed by atoms with van der Waals surface area (Å²) in [7, 11) is 2.57. The van der Waals surface area contributed by atoms with Crippen molar-refractivity contribution in [1.29, 1.82) is 0 Å². The molecular weight excluding hydrogens is 248 g/mol. The van der Waals surface area contributed by atoms with E-state index in [1.807, 2.05) is 0 Å². The zero-order chi connectivity index (χ0) is 13.9. The minimum absolute atomic E-state index is 0.834. The summed E-state index contributed by atoms with van der Waals surface area (Å²) in [6.45, 7) is 6.89. The van der Waals surface area contributed by atoms with E-state index in [9.17, 15) is 0 Å². The van der Waals surface area contributed by atoms with Crippen molar-refractivity contribution in [3.63, 3.8) is 0 Å². The van der Waals surface area contributed by atoms with Gasteiger partial charge in [-0.3, -0.25) is 4.99 Å². The second kappa shape index (κ2) is 10.6. The molecule has 6 heteroatoms. The van der Waals surface area contributed by atoms with Crippen molar-refractivity contribution >= 4 is 14.5 Å². The fraction of sp³-hybridized carbons (Fsp3) is 0.917. The Morgan fingerprint density at radius 2 is 1.72 bits per heavy atom. The first-order valence-electron chi connectivity index (χ1n) is 6.50. The molecule has 0 amide bonds. The minimum atomic E-state index is -2.38. The van der Waals surface area contributed by atoms with Gasteiger partial charge in [0.2, 0.25) is 0 Å². The fourth-order valence-corrected chi connectivity index (χ4v) is 3.27. The maximum atomic E-state index is 5.35. The Hall–Kier alpha value is -0.273. The van der Waals surface area contributed by atoms with Crippen molar-refractivity contribution in [3.05, 3.63) is 0 Å². The highest BCUT2D eigenvalue weighted by molar-refractivity contribution is 6.60. The van der Waals surface area contributed by atoms with Crippen molar-refractivity contribution in [1.82, 2.24) is 5.32 Å². The maximum Gasteiger partial charge on any atom is 0.500 e. The number of aliphatic imine (C=N–C) groups is 1. The van der Waals surface area contributed by atoms with Crippen LogP contribution in [0.2, 0.25) is 6.04 Å². The lowest BCUT2D eigenvalue weighted by Gasteiger charge is -2.24. The molecule has 0 unspecified atom stereocenters. The third-order valence-electron chi connectivity index (χ3n) is 2.95. The normalized spacial score (nSPS) is 13.1. The van der Waals surface area contributed by atoms with Crippen LogP contribution in [0.25, 0.3) is 0 Å². The van der Waals surface area contributed by atoms with Crippen LogP contribution in [-0.4, -0.2) is 55.5 Å². The quantitative estimate of drug-likeness (QED) is 0.355. The predicted molar refractivity (Wildman–Crippen MR) is 77.3 cm³/mol. The van der Waals surface area contributed by atoms with Crippen molar-refractivity contribution in [2.24, 2.45) is 4.99 Å². The molecule has 0 atom stereocenters. The second-order valence-corrected chi connectivity index (χ2v) is 7.21. The summed E-state index contributed by atoms with van der Waals surface area (Å²) in [5.41, 5.74) is 1.21. The van der Waals surface area contributed by atoms with Crippen LogP contribution in [0.5, 0.6) is 0 Å². The van der Waals surface area contributed by atoms with E-state index in [1.54, 1.807) is 21.3 Å². The van der Waals surface area contributed by atoms with E-state index < -0.39 is 8.80 Å². The van der Waals surface area contributed by atoms with Crippen LogP contribution in [0.15, 0.2) is 4.99 Å². The molecule has 0 spiro atoms. The van der Waals surface area contributed by atoms with Gasteiger partial charge in [-0.25, -0.2) is 0 Å². The SMILES string of the molecule is CCC(C)=NCCNCCC[Si](OC)(OC)OC. The zero-order valence-electron chi connectivity index (χ0n) is 12.4. The van der Waals surface area contributed by atoms with Gasteiger partial charge in [0, 0.05) is 39.6 Å². The van der Waals surface area contributed by atoms with E-state index in [-0.39, 0.29) is 0 Å². The van der Waals surface area contributed by atoms with Gasteiger partial charge in [0.05, 0.1) is 6.54 Å². The largest absolute Gasteiger partial charge is 0.500 e. The van der Waals surface area contributed by atoms with Crippen LogP contribution in [0.3, 0.4) is 0 Å². The second-order valence-electron chi connectivity index (χ2n) is 4.12. The van der Waals surface area contributed by atoms with E-state index >= 15 is 0 Å². The molecule has 18 heavy (non-hydrogen) atoms. The Morgan fingerprint density at radius 3 is 2.22 bits per heavy atom. The molecule has 0 bridgehead atoms. The lowest BCUT2D eigenvalue weighted by molar-refractivity contribution is 0.123. The molecule has 108 valence electrons. The Balaban J connectivity index is 3.61. The first-order chi connectivity index (χ1) is 8.64. The van der Waals surface area contributed by atoms with Gasteiger partial charge >= 0.3 is 8.80 Å². The van der Waals surface area contributed by atoms with Gasteiger partial charge < -0.3 is 18.6 Å². The van der Waals surface area contributed by atoms with Gasteiger partial charge in [0.1, 0.15) is 0 Å². The molecule has 0 fully saturated rings. The molecule has 0 aliphatic carbocycles. The van der Waals surface area contributed by atoms with E-state index in [0.29, 0.717) is 0 Å². The zero-order valence-corrected chi connectivity index (χ0v) is 13.4. The third kappa shape index (κ3) is 7.23. The smallest absolute Gasteiger partial charge is 0.377 e. The van der Waals surface area contributed by atoms with Gasteiger partial charge in [-0.1, -0.05) is 6.92 Å². The van der Waals surface area contributed by atoms with Crippen LogP contribution in [0.4, 0.5) is 0 Å². The number of rotatable bonds is 11. The first kappa shape index (κ1) is 17.7. The van der Waals surface area contributed by atoms with Gasteiger partial charge in [-0.2, -0.15) is 0 Å². The highest BCUT2D eigenvalue weighted by Gasteiger charge is 2.36. The lowest BCUT2D eigenvalue weighted by Crippen LogP contribution is -2.43. The minimum Gasteiger partial charge on any atom is -0.377 e. The van der Waals surface area contributed by atoms with Crippen LogP contribution in [-0.2, 0) is 13.3 Å². The number of hydrogen-bond acceptors (Lipinski definition) is 5. The van der Waals surface area contributed by atoms with Gasteiger partial charge in [0.15, 0.2) is 0 Å². The summed E-state index contributed by atoms with van der Waals surface area (Å²) in [5, 5.41) is 3.36. The number of nitrogens with zero attached hydrogens (tertiary/aromatic N) is 1. The molecule has 0 aliphatic rings. The molecule has 5 nitrogen and oxygen atoms in total. The van der Waals surface area contributed by atoms with Crippen molar-refractivity contribution in [3.8, 4) is 0 Å². The lowest BCUT2D eigenvalue weighted by atomic mass is 10.3. The highest BCUT2D eigenvalue weighted by Crippen LogP contribution is 2.14. The Bertz CT molecular complexity index is 225. The highest BCUT2D eigenvalue weighted by atomic mass is 28.4. The molecule has 0 heterocycles. The number of nitrogens with one attached hydrogen (secondary N) is 1. The summed E-state index contributed by atoms with van der Waals surface area (Å²) in [6.07, 6.45) is 2.02. The summed E-state index contributed by atoms with van der Waals surface area (Å²) in [4.78, 5) is 4.43. The summed E-state index contributed by atoms with van der Waals surface area (Å²) in [5.74, 6) is 0. The van der Waals surface area contributed by atoms with Gasteiger partial charge in [-0.05, 0) is 26.3 Å². The third-order valence-corrected chi connectivity index (χ3v) is 5.78. The average Bonchev–Trinajstić information content (AvgIpc) is 2.42. The Labute approximate surface area is 112 Å². The summed E-state index contributed by atoms with van der Waals surface area (Å²) >= 11 is 0. The van der Waals surface area contributed by atoms with Gasteiger partial charge in [-0.15, -0.1) is 0 Å². The van der Waals surface area contributed by atoms with E-state index in [2.05, 4.69) is 24.2 Å². The van der Waals surface area contributed by atoms with Crippen LogP contribution >= 0.6 is 0 Å². The fourth-order valence-electron chi connectivity index (χ4n) is 1.55. The summed E-state index contributed by atoms with van der Waals surface area (Å²) < 4.78 is 16.1. The molecule has 0 aromatic carbocycles. The standard InChI is InChI=1S/C12H28N2O3Si/c1-6-12(2)14-10-9-13-8-7-11-18(15-3,16-4)17-5/h13H,6-11H2,1-5H3. The molecule has 1 N–H and O–H groups in total. The van der Waals surface area contributed by atoms with E-state index in [4.69, 9.17) is 13.3 Å². The molecule has 0 saturated heterocycles. The monoisotopic (exact) mass is 276 g/mol. The van der Waals surface area contributed by atoms with Crippen molar-refractivity contribution in [2.45, 2.75) is 32.7 Å². The van der Waals surface area contributed by atoms with E-state index in [0.717, 1.165) is 38.5 Å². The van der Waals surface area contributed by atoms with Crippen LogP contribution in [0, 0.1) is 0 Å². The topological polar surface area (TPSA) is 52.1 Å². The molecule has 0 aromatic rings. The average molecular weight is 276 g/mol. The van der Waals surface area contributed by atoms with Crippen LogP contribution < -0.4 is 5.32 Å². The predicted octanol–water partition coefficient (Wildman–Crippen LogP) is 1.72. The molecule has 0 saturated carbocycles. The first-order valence-corrected chi connectivity index (χ1v) is 8.43. The molecule has 0 aromatic heterocycles. The molecule has 0 aliphatic heterocycles. The molecular formula is C12H28N2O3Si.